The van der Waals surface area contributed by atoms with Crippen molar-refractivity contribution >= 4 is 29.0 Å². The Balaban J connectivity index is 1.63. The molecule has 1 heterocycles. The molecule has 0 unspecified atom stereocenters. The van der Waals surface area contributed by atoms with Crippen molar-refractivity contribution in [2.24, 2.45) is 0 Å². The van der Waals surface area contributed by atoms with E-state index in [9.17, 15) is 14.9 Å². The number of nitro benzene ring substituents is 1. The minimum Gasteiger partial charge on any atom is -0.497 e. The number of rotatable bonds is 8. The summed E-state index contributed by atoms with van der Waals surface area (Å²) in [4.78, 5) is 22.4. The maximum atomic E-state index is 12.1. The van der Waals surface area contributed by atoms with Gasteiger partial charge in [-0.25, -0.2) is 0 Å². The highest BCUT2D eigenvalue weighted by Gasteiger charge is 2.12. The van der Waals surface area contributed by atoms with Gasteiger partial charge in [-0.2, -0.15) is 0 Å². The van der Waals surface area contributed by atoms with Crippen molar-refractivity contribution < 1.29 is 19.2 Å². The van der Waals surface area contributed by atoms with Gasteiger partial charge in [0.2, 0.25) is 5.91 Å². The molecule has 154 valence electrons. The quantitative estimate of drug-likeness (QED) is 0.328. The van der Waals surface area contributed by atoms with Crippen molar-refractivity contribution in [1.29, 1.82) is 0 Å². The third-order valence-electron chi connectivity index (χ3n) is 4.01. The second-order valence-electron chi connectivity index (χ2n) is 5.97. The van der Waals surface area contributed by atoms with Crippen LogP contribution in [0.3, 0.4) is 0 Å². The van der Waals surface area contributed by atoms with Crippen molar-refractivity contribution in [2.45, 2.75) is 5.03 Å². The summed E-state index contributed by atoms with van der Waals surface area (Å²) in [5.41, 5.74) is 1.62. The second kappa shape index (κ2) is 9.70. The molecule has 3 aromatic rings. The van der Waals surface area contributed by atoms with E-state index in [0.29, 0.717) is 27.9 Å². The van der Waals surface area contributed by atoms with E-state index in [2.05, 4.69) is 15.5 Å². The highest BCUT2D eigenvalue weighted by atomic mass is 32.2. The molecule has 0 bridgehead atoms. The van der Waals surface area contributed by atoms with Crippen molar-refractivity contribution in [1.82, 2.24) is 10.2 Å². The van der Waals surface area contributed by atoms with Gasteiger partial charge < -0.3 is 14.8 Å². The van der Waals surface area contributed by atoms with Crippen molar-refractivity contribution in [3.8, 4) is 22.8 Å². The van der Waals surface area contributed by atoms with E-state index in [-0.39, 0.29) is 17.3 Å². The smallest absolute Gasteiger partial charge is 0.271 e. The van der Waals surface area contributed by atoms with Gasteiger partial charge in [0.1, 0.15) is 16.5 Å². The lowest BCUT2D eigenvalue weighted by atomic mass is 10.1. The molecule has 0 saturated carbocycles. The molecule has 0 radical (unpaired) electrons. The third kappa shape index (κ3) is 5.23. The first-order valence-electron chi connectivity index (χ1n) is 8.73. The number of methoxy groups -OCH3 is 2. The van der Waals surface area contributed by atoms with Crippen molar-refractivity contribution in [3.63, 3.8) is 0 Å². The third-order valence-corrected chi connectivity index (χ3v) is 4.93. The molecule has 0 atom stereocenters. The van der Waals surface area contributed by atoms with E-state index < -0.39 is 4.92 Å². The Kier molecular flexibility index (Phi) is 6.81. The minimum absolute atomic E-state index is 0.0825. The van der Waals surface area contributed by atoms with Gasteiger partial charge in [-0.3, -0.25) is 14.9 Å². The Morgan fingerprint density at radius 3 is 2.60 bits per heavy atom. The highest BCUT2D eigenvalue weighted by Crippen LogP contribution is 2.32. The van der Waals surface area contributed by atoms with Crippen LogP contribution < -0.4 is 14.8 Å². The van der Waals surface area contributed by atoms with Crippen LogP contribution in [-0.4, -0.2) is 41.0 Å². The fourth-order valence-corrected chi connectivity index (χ4v) is 3.20. The monoisotopic (exact) mass is 426 g/mol. The molecule has 0 saturated heterocycles. The van der Waals surface area contributed by atoms with Gasteiger partial charge in [-0.1, -0.05) is 17.8 Å². The number of anilines is 1. The van der Waals surface area contributed by atoms with Gasteiger partial charge in [-0.05, 0) is 36.4 Å². The molecule has 0 aliphatic carbocycles. The maximum absolute atomic E-state index is 12.1. The van der Waals surface area contributed by atoms with Crippen LogP contribution in [0.2, 0.25) is 0 Å². The Hall–Kier alpha value is -3.66. The molecule has 0 aliphatic heterocycles. The number of ether oxygens (including phenoxy) is 2. The highest BCUT2D eigenvalue weighted by molar-refractivity contribution is 7.99. The number of amides is 1. The number of nitrogens with one attached hydrogen (secondary N) is 1. The largest absolute Gasteiger partial charge is 0.497 e. The molecule has 30 heavy (non-hydrogen) atoms. The number of benzene rings is 2. The first-order chi connectivity index (χ1) is 14.5. The standard InChI is InChI=1S/C20H18N4O5S/c1-28-15-6-8-18(29-2)16(11-15)17-7-9-20(23-22-17)30-12-19(25)21-13-4-3-5-14(10-13)24(26)27/h3-11H,12H2,1-2H3,(H,21,25). The van der Waals surface area contributed by atoms with E-state index >= 15 is 0 Å². The van der Waals surface area contributed by atoms with E-state index in [0.717, 1.165) is 5.56 Å². The zero-order valence-corrected chi connectivity index (χ0v) is 17.0. The number of aromatic nitrogens is 2. The summed E-state index contributed by atoms with van der Waals surface area (Å²) in [7, 11) is 3.15. The van der Waals surface area contributed by atoms with Crippen LogP contribution in [0.25, 0.3) is 11.3 Å². The molecule has 1 aromatic heterocycles. The minimum atomic E-state index is -0.515. The van der Waals surface area contributed by atoms with Gasteiger partial charge in [0.05, 0.1) is 30.6 Å². The number of carbonyl (C=O) groups is 1. The number of hydrogen-bond acceptors (Lipinski definition) is 8. The number of nitrogens with zero attached hydrogens (tertiary/aromatic N) is 3. The zero-order chi connectivity index (χ0) is 21.5. The predicted octanol–water partition coefficient (Wildman–Crippen LogP) is 3.80. The summed E-state index contributed by atoms with van der Waals surface area (Å²) in [6, 6.07) is 14.7. The van der Waals surface area contributed by atoms with Crippen molar-refractivity contribution in [3.05, 3.63) is 64.7 Å². The van der Waals surface area contributed by atoms with Crippen LogP contribution in [0.1, 0.15) is 0 Å². The van der Waals surface area contributed by atoms with E-state index in [1.807, 2.05) is 6.07 Å². The van der Waals surface area contributed by atoms with Gasteiger partial charge in [0, 0.05) is 23.4 Å². The topological polar surface area (TPSA) is 116 Å². The Labute approximate surface area is 176 Å². The lowest BCUT2D eigenvalue weighted by Crippen LogP contribution is -2.14. The molecule has 10 heteroatoms. The van der Waals surface area contributed by atoms with Crippen LogP contribution in [0, 0.1) is 10.1 Å². The Morgan fingerprint density at radius 1 is 1.10 bits per heavy atom. The summed E-state index contributed by atoms with van der Waals surface area (Å²) in [5.74, 6) is 1.09. The number of nitro groups is 1. The molecule has 3 rings (SSSR count). The second-order valence-corrected chi connectivity index (χ2v) is 6.96. The summed E-state index contributed by atoms with van der Waals surface area (Å²) >= 11 is 1.20. The lowest BCUT2D eigenvalue weighted by Gasteiger charge is -2.10. The Bertz CT molecular complexity index is 1060. The van der Waals surface area contributed by atoms with E-state index in [1.165, 1.54) is 30.0 Å². The normalized spacial score (nSPS) is 10.3. The van der Waals surface area contributed by atoms with Gasteiger partial charge >= 0.3 is 0 Å². The van der Waals surface area contributed by atoms with Gasteiger partial charge in [0.25, 0.3) is 5.69 Å². The number of non-ortho nitro benzene ring substituents is 1. The summed E-state index contributed by atoms with van der Waals surface area (Å²) in [6.45, 7) is 0. The predicted molar refractivity (Wildman–Crippen MR) is 113 cm³/mol. The SMILES string of the molecule is COc1ccc(OC)c(-c2ccc(SCC(=O)Nc3cccc([N+](=O)[O-])c3)nn2)c1. The van der Waals surface area contributed by atoms with E-state index in [1.54, 1.807) is 44.6 Å². The fourth-order valence-electron chi connectivity index (χ4n) is 2.59. The molecule has 2 aromatic carbocycles. The Morgan fingerprint density at radius 2 is 1.93 bits per heavy atom. The average molecular weight is 426 g/mol. The number of thioether (sulfide) groups is 1. The molecule has 0 spiro atoms. The van der Waals surface area contributed by atoms with Crippen LogP contribution in [0.5, 0.6) is 11.5 Å². The molecule has 0 aliphatic rings. The number of hydrogen-bond donors (Lipinski definition) is 1. The number of carbonyl (C=O) groups excluding carboxylic acids is 1. The summed E-state index contributed by atoms with van der Waals surface area (Å²) in [6.07, 6.45) is 0. The zero-order valence-electron chi connectivity index (χ0n) is 16.2. The first kappa shape index (κ1) is 21.1. The molecule has 1 amide bonds. The van der Waals surface area contributed by atoms with Crippen LogP contribution >= 0.6 is 11.8 Å². The van der Waals surface area contributed by atoms with Crippen LogP contribution in [0.15, 0.2) is 59.6 Å². The van der Waals surface area contributed by atoms with Crippen LogP contribution in [-0.2, 0) is 4.79 Å². The van der Waals surface area contributed by atoms with Gasteiger partial charge in [0.15, 0.2) is 0 Å². The molecular weight excluding hydrogens is 408 g/mol. The van der Waals surface area contributed by atoms with Gasteiger partial charge in [-0.15, -0.1) is 10.2 Å². The lowest BCUT2D eigenvalue weighted by molar-refractivity contribution is -0.384. The fraction of sp³-hybridized carbons (Fsp3) is 0.150. The van der Waals surface area contributed by atoms with E-state index in [4.69, 9.17) is 9.47 Å². The van der Waals surface area contributed by atoms with Crippen LogP contribution in [0.4, 0.5) is 11.4 Å². The first-order valence-corrected chi connectivity index (χ1v) is 9.72. The summed E-state index contributed by atoms with van der Waals surface area (Å²) < 4.78 is 10.6. The summed E-state index contributed by atoms with van der Waals surface area (Å²) in [5, 5.41) is 22.4. The molecule has 0 fully saturated rings. The maximum Gasteiger partial charge on any atom is 0.271 e. The molecule has 9 nitrogen and oxygen atoms in total. The van der Waals surface area contributed by atoms with Crippen molar-refractivity contribution in [2.75, 3.05) is 25.3 Å². The molecule has 1 N–H and O–H groups in total. The molecular formula is C20H18N4O5S. The average Bonchev–Trinajstić information content (AvgIpc) is 2.77.